The summed E-state index contributed by atoms with van der Waals surface area (Å²) < 4.78 is 0. The number of para-hydroxylation sites is 1. The van der Waals surface area contributed by atoms with E-state index in [4.69, 9.17) is 0 Å². The van der Waals surface area contributed by atoms with Crippen LogP contribution in [0.15, 0.2) is 29.2 Å². The molecule has 0 aliphatic carbocycles. The van der Waals surface area contributed by atoms with Crippen molar-refractivity contribution in [3.8, 4) is 0 Å². The molecule has 0 aliphatic heterocycles. The van der Waals surface area contributed by atoms with E-state index >= 15 is 0 Å². The molecule has 1 N–H and O–H groups in total. The first-order valence-corrected chi connectivity index (χ1v) is 5.32. The Hall–Kier alpha value is -0.630. The summed E-state index contributed by atoms with van der Waals surface area (Å²) in [5, 5.41) is 3.34. The first-order chi connectivity index (χ1) is 5.88. The van der Waals surface area contributed by atoms with Gasteiger partial charge in [0, 0.05) is 17.1 Å². The lowest BCUT2D eigenvalue weighted by Gasteiger charge is -2.08. The molecule has 0 aliphatic rings. The molecule has 0 radical (unpaired) electrons. The summed E-state index contributed by atoms with van der Waals surface area (Å²) in [5.74, 6) is 1.13. The Bertz CT molecular complexity index is 210. The molecule has 66 valence electrons. The predicted molar refractivity (Wildman–Crippen MR) is 57.0 cm³/mol. The van der Waals surface area contributed by atoms with Gasteiger partial charge in [0.05, 0.1) is 0 Å². The highest BCUT2D eigenvalue weighted by molar-refractivity contribution is 7.99. The van der Waals surface area contributed by atoms with Crippen molar-refractivity contribution < 1.29 is 0 Å². The zero-order chi connectivity index (χ0) is 8.81. The topological polar surface area (TPSA) is 12.0 Å². The average molecular weight is 181 g/mol. The fourth-order valence-electron chi connectivity index (χ4n) is 1.08. The molecule has 1 nitrogen and oxygen atoms in total. The summed E-state index contributed by atoms with van der Waals surface area (Å²) in [6, 6.07) is 8.43. The van der Waals surface area contributed by atoms with Gasteiger partial charge in [-0.15, -0.1) is 11.8 Å². The molecular formula is C10H15NS. The summed E-state index contributed by atoms with van der Waals surface area (Å²) in [6.07, 6.45) is 0. The van der Waals surface area contributed by atoms with Crippen LogP contribution in [0, 0.1) is 0 Å². The molecule has 0 amide bonds. The molecule has 0 saturated carbocycles. The third-order valence-corrected chi connectivity index (χ3v) is 2.51. The van der Waals surface area contributed by atoms with E-state index in [9.17, 15) is 0 Å². The Kier molecular flexibility index (Phi) is 4.01. The maximum atomic E-state index is 3.34. The van der Waals surface area contributed by atoms with Gasteiger partial charge >= 0.3 is 0 Å². The summed E-state index contributed by atoms with van der Waals surface area (Å²) in [7, 11) is 0. The highest BCUT2D eigenvalue weighted by Crippen LogP contribution is 2.26. The van der Waals surface area contributed by atoms with E-state index in [0.717, 1.165) is 12.3 Å². The minimum atomic E-state index is 0.987. The van der Waals surface area contributed by atoms with Crippen molar-refractivity contribution in [3.63, 3.8) is 0 Å². The summed E-state index contributed by atoms with van der Waals surface area (Å²) in [5.41, 5.74) is 1.26. The lowest BCUT2D eigenvalue weighted by molar-refractivity contribution is 1.19. The van der Waals surface area contributed by atoms with Crippen molar-refractivity contribution in [2.75, 3.05) is 17.6 Å². The smallest absolute Gasteiger partial charge is 0.0478 e. The molecule has 1 rings (SSSR count). The van der Waals surface area contributed by atoms with Crippen LogP contribution in [0.5, 0.6) is 0 Å². The van der Waals surface area contributed by atoms with Gasteiger partial charge in [-0.25, -0.2) is 0 Å². The van der Waals surface area contributed by atoms with E-state index in [0.29, 0.717) is 0 Å². The van der Waals surface area contributed by atoms with E-state index in [-0.39, 0.29) is 0 Å². The molecule has 0 saturated heterocycles. The monoisotopic (exact) mass is 181 g/mol. The maximum Gasteiger partial charge on any atom is 0.0478 e. The van der Waals surface area contributed by atoms with E-state index in [2.05, 4.69) is 43.4 Å². The van der Waals surface area contributed by atoms with Gasteiger partial charge in [-0.1, -0.05) is 19.1 Å². The number of nitrogens with one attached hydrogen (secondary N) is 1. The van der Waals surface area contributed by atoms with Gasteiger partial charge < -0.3 is 5.32 Å². The van der Waals surface area contributed by atoms with E-state index in [1.54, 1.807) is 0 Å². The average Bonchev–Trinajstić information content (AvgIpc) is 2.09. The molecule has 0 unspecified atom stereocenters. The number of rotatable bonds is 4. The maximum absolute atomic E-state index is 3.34. The van der Waals surface area contributed by atoms with Crippen LogP contribution in [-0.4, -0.2) is 12.3 Å². The fourth-order valence-corrected chi connectivity index (χ4v) is 1.87. The minimum absolute atomic E-state index is 0.987. The number of hydrogen-bond donors (Lipinski definition) is 1. The molecule has 0 fully saturated rings. The normalized spacial score (nSPS) is 9.83. The Balaban J connectivity index is 2.77. The molecule has 1 aromatic carbocycles. The number of anilines is 1. The van der Waals surface area contributed by atoms with Gasteiger partial charge in [-0.05, 0) is 24.8 Å². The Morgan fingerprint density at radius 3 is 2.67 bits per heavy atom. The van der Waals surface area contributed by atoms with Gasteiger partial charge in [0.2, 0.25) is 0 Å². The largest absolute Gasteiger partial charge is 0.384 e. The third kappa shape index (κ3) is 2.45. The van der Waals surface area contributed by atoms with Crippen LogP contribution in [0.4, 0.5) is 5.69 Å². The van der Waals surface area contributed by atoms with Gasteiger partial charge in [-0.2, -0.15) is 0 Å². The van der Waals surface area contributed by atoms with Crippen LogP contribution in [0.25, 0.3) is 0 Å². The molecular weight excluding hydrogens is 166 g/mol. The number of thioether (sulfide) groups is 1. The molecule has 0 heterocycles. The van der Waals surface area contributed by atoms with Crippen molar-refractivity contribution in [2.45, 2.75) is 18.7 Å². The van der Waals surface area contributed by atoms with Crippen molar-refractivity contribution in [1.82, 2.24) is 0 Å². The first-order valence-electron chi connectivity index (χ1n) is 4.34. The van der Waals surface area contributed by atoms with E-state index in [1.165, 1.54) is 10.6 Å². The van der Waals surface area contributed by atoms with Crippen molar-refractivity contribution in [1.29, 1.82) is 0 Å². The Labute approximate surface area is 78.6 Å². The van der Waals surface area contributed by atoms with Gasteiger partial charge in [0.25, 0.3) is 0 Å². The van der Waals surface area contributed by atoms with Crippen molar-refractivity contribution in [2.24, 2.45) is 0 Å². The first kappa shape index (κ1) is 9.46. The van der Waals surface area contributed by atoms with Gasteiger partial charge in [0.15, 0.2) is 0 Å². The lowest BCUT2D eigenvalue weighted by Crippen LogP contribution is -1.97. The molecule has 0 spiro atoms. The summed E-state index contributed by atoms with van der Waals surface area (Å²) >= 11 is 1.88. The van der Waals surface area contributed by atoms with Crippen LogP contribution >= 0.6 is 11.8 Å². The molecule has 0 bridgehead atoms. The standard InChI is InChI=1S/C10H15NS/c1-3-11-9-7-5-6-8-10(9)12-4-2/h5-8,11H,3-4H2,1-2H3. The van der Waals surface area contributed by atoms with Crippen LogP contribution in [0.1, 0.15) is 13.8 Å². The van der Waals surface area contributed by atoms with E-state index < -0.39 is 0 Å². The van der Waals surface area contributed by atoms with Crippen LogP contribution < -0.4 is 5.32 Å². The van der Waals surface area contributed by atoms with Gasteiger partial charge in [-0.3, -0.25) is 0 Å². The fraction of sp³-hybridized carbons (Fsp3) is 0.400. The summed E-state index contributed by atoms with van der Waals surface area (Å²) in [4.78, 5) is 1.35. The molecule has 12 heavy (non-hydrogen) atoms. The second-order valence-corrected chi connectivity index (χ2v) is 3.77. The SMILES string of the molecule is CCNc1ccccc1SCC. The second-order valence-electron chi connectivity index (χ2n) is 2.46. The third-order valence-electron chi connectivity index (χ3n) is 1.55. The van der Waals surface area contributed by atoms with Crippen LogP contribution in [-0.2, 0) is 0 Å². The second kappa shape index (κ2) is 5.09. The van der Waals surface area contributed by atoms with Crippen molar-refractivity contribution in [3.05, 3.63) is 24.3 Å². The van der Waals surface area contributed by atoms with Crippen molar-refractivity contribution >= 4 is 17.4 Å². The quantitative estimate of drug-likeness (QED) is 0.716. The van der Waals surface area contributed by atoms with Crippen LogP contribution in [0.3, 0.4) is 0 Å². The Morgan fingerprint density at radius 1 is 1.25 bits per heavy atom. The Morgan fingerprint density at radius 2 is 2.00 bits per heavy atom. The molecule has 0 aromatic heterocycles. The van der Waals surface area contributed by atoms with Crippen LogP contribution in [0.2, 0.25) is 0 Å². The van der Waals surface area contributed by atoms with E-state index in [1.807, 2.05) is 11.8 Å². The predicted octanol–water partition coefficient (Wildman–Crippen LogP) is 3.23. The highest BCUT2D eigenvalue weighted by Gasteiger charge is 1.97. The number of benzene rings is 1. The lowest BCUT2D eigenvalue weighted by atomic mass is 10.3. The zero-order valence-electron chi connectivity index (χ0n) is 7.63. The summed E-state index contributed by atoms with van der Waals surface area (Å²) in [6.45, 7) is 5.28. The molecule has 1 aromatic rings. The zero-order valence-corrected chi connectivity index (χ0v) is 8.45. The molecule has 0 atom stereocenters. The minimum Gasteiger partial charge on any atom is -0.384 e. The highest BCUT2D eigenvalue weighted by atomic mass is 32.2. The molecule has 2 heteroatoms. The number of hydrogen-bond acceptors (Lipinski definition) is 2. The van der Waals surface area contributed by atoms with Gasteiger partial charge in [0.1, 0.15) is 0 Å².